The minimum atomic E-state index is 0.0861. The first kappa shape index (κ1) is 13.7. The Balaban J connectivity index is 2.03. The molecule has 0 aromatic heterocycles. The van der Waals surface area contributed by atoms with Crippen LogP contribution in [0.5, 0.6) is 5.75 Å². The number of carbonyl (C=O) groups excluding carboxylic acids is 1. The van der Waals surface area contributed by atoms with Gasteiger partial charge in [0, 0.05) is 4.90 Å². The van der Waals surface area contributed by atoms with Crippen LogP contribution in [0.2, 0.25) is 0 Å². The third kappa shape index (κ3) is 3.61. The quantitative estimate of drug-likeness (QED) is 0.608. The third-order valence-corrected chi connectivity index (χ3v) is 3.81. The van der Waals surface area contributed by atoms with Crippen LogP contribution in [0.1, 0.15) is 15.9 Å². The van der Waals surface area contributed by atoms with E-state index in [9.17, 15) is 4.79 Å². The van der Waals surface area contributed by atoms with Gasteiger partial charge in [0.15, 0.2) is 5.78 Å². The zero-order valence-electron chi connectivity index (χ0n) is 11.1. The zero-order valence-corrected chi connectivity index (χ0v) is 11.9. The lowest BCUT2D eigenvalue weighted by Gasteiger charge is -2.07. The van der Waals surface area contributed by atoms with Crippen molar-refractivity contribution in [3.05, 3.63) is 59.7 Å². The van der Waals surface area contributed by atoms with Crippen LogP contribution in [0.3, 0.4) is 0 Å². The van der Waals surface area contributed by atoms with Gasteiger partial charge in [-0.15, -0.1) is 11.8 Å². The minimum absolute atomic E-state index is 0.0861. The molecular weight excluding hydrogens is 256 g/mol. The van der Waals surface area contributed by atoms with Crippen LogP contribution in [-0.2, 0) is 0 Å². The number of ether oxygens (including phenoxy) is 1. The molecule has 2 rings (SSSR count). The fraction of sp³-hybridized carbons (Fsp3) is 0.188. The van der Waals surface area contributed by atoms with Crippen LogP contribution in [-0.4, -0.2) is 18.6 Å². The second-order valence-electron chi connectivity index (χ2n) is 4.23. The standard InChI is InChI=1S/C16H16O2S/c1-12-7-9-13(10-8-12)19-11-15(17)14-5-3-4-6-16(14)18-2/h3-10H,11H2,1-2H3. The van der Waals surface area contributed by atoms with Gasteiger partial charge in [-0.25, -0.2) is 0 Å². The molecule has 0 radical (unpaired) electrons. The van der Waals surface area contributed by atoms with E-state index in [1.165, 1.54) is 5.56 Å². The average molecular weight is 272 g/mol. The molecular formula is C16H16O2S. The molecule has 0 fully saturated rings. The number of carbonyl (C=O) groups is 1. The van der Waals surface area contributed by atoms with Crippen LogP contribution >= 0.6 is 11.8 Å². The second kappa shape index (κ2) is 6.43. The average Bonchev–Trinajstić information content (AvgIpc) is 2.46. The van der Waals surface area contributed by atoms with Gasteiger partial charge in [-0.1, -0.05) is 29.8 Å². The van der Waals surface area contributed by atoms with Crippen LogP contribution in [0, 0.1) is 6.92 Å². The molecule has 98 valence electrons. The first-order valence-electron chi connectivity index (χ1n) is 6.06. The van der Waals surface area contributed by atoms with Crippen LogP contribution in [0.4, 0.5) is 0 Å². The fourth-order valence-corrected chi connectivity index (χ4v) is 2.52. The van der Waals surface area contributed by atoms with Gasteiger partial charge in [0.25, 0.3) is 0 Å². The summed E-state index contributed by atoms with van der Waals surface area (Å²) in [6.07, 6.45) is 0. The van der Waals surface area contributed by atoms with Gasteiger partial charge in [-0.2, -0.15) is 0 Å². The van der Waals surface area contributed by atoms with E-state index in [1.54, 1.807) is 24.9 Å². The van der Waals surface area contributed by atoms with Crippen LogP contribution < -0.4 is 4.74 Å². The number of hydrogen-bond donors (Lipinski definition) is 0. The molecule has 0 aliphatic rings. The lowest BCUT2D eigenvalue weighted by atomic mass is 10.1. The smallest absolute Gasteiger partial charge is 0.176 e. The lowest BCUT2D eigenvalue weighted by molar-refractivity contribution is 0.101. The van der Waals surface area contributed by atoms with E-state index < -0.39 is 0 Å². The molecule has 3 heteroatoms. The Morgan fingerprint density at radius 3 is 2.47 bits per heavy atom. The predicted octanol–water partition coefficient (Wildman–Crippen LogP) is 3.98. The van der Waals surface area contributed by atoms with Crippen molar-refractivity contribution in [3.63, 3.8) is 0 Å². The summed E-state index contributed by atoms with van der Waals surface area (Å²) in [6.45, 7) is 2.05. The number of ketones is 1. The van der Waals surface area contributed by atoms with Crippen molar-refractivity contribution in [2.45, 2.75) is 11.8 Å². The van der Waals surface area contributed by atoms with Gasteiger partial charge < -0.3 is 4.74 Å². The molecule has 0 spiro atoms. The summed E-state index contributed by atoms with van der Waals surface area (Å²) in [4.78, 5) is 13.3. The molecule has 0 bridgehead atoms. The normalized spacial score (nSPS) is 10.2. The Morgan fingerprint density at radius 2 is 1.79 bits per heavy atom. The van der Waals surface area contributed by atoms with Crippen molar-refractivity contribution in [1.82, 2.24) is 0 Å². The van der Waals surface area contributed by atoms with Crippen molar-refractivity contribution >= 4 is 17.5 Å². The number of Topliss-reactive ketones (excluding diaryl/α,β-unsaturated/α-hetero) is 1. The predicted molar refractivity (Wildman–Crippen MR) is 79.2 cm³/mol. The maximum absolute atomic E-state index is 12.2. The van der Waals surface area contributed by atoms with Crippen molar-refractivity contribution < 1.29 is 9.53 Å². The van der Waals surface area contributed by atoms with Crippen LogP contribution in [0.15, 0.2) is 53.4 Å². The third-order valence-electron chi connectivity index (χ3n) is 2.80. The molecule has 0 saturated heterocycles. The molecule has 0 atom stereocenters. The Bertz CT molecular complexity index is 561. The largest absolute Gasteiger partial charge is 0.496 e. The van der Waals surface area contributed by atoms with Gasteiger partial charge >= 0.3 is 0 Å². The molecule has 2 nitrogen and oxygen atoms in total. The summed E-state index contributed by atoms with van der Waals surface area (Å²) in [5.41, 5.74) is 1.87. The minimum Gasteiger partial charge on any atom is -0.496 e. The summed E-state index contributed by atoms with van der Waals surface area (Å²) in [7, 11) is 1.58. The monoisotopic (exact) mass is 272 g/mol. The van der Waals surface area contributed by atoms with E-state index in [-0.39, 0.29) is 5.78 Å². The van der Waals surface area contributed by atoms with Gasteiger partial charge in [0.1, 0.15) is 5.75 Å². The molecule has 0 aliphatic carbocycles. The van der Waals surface area contributed by atoms with Gasteiger partial charge in [-0.05, 0) is 31.2 Å². The van der Waals surface area contributed by atoms with Crippen molar-refractivity contribution in [1.29, 1.82) is 0 Å². The van der Waals surface area contributed by atoms with E-state index in [0.717, 1.165) is 4.90 Å². The summed E-state index contributed by atoms with van der Waals surface area (Å²) in [5.74, 6) is 1.14. The maximum Gasteiger partial charge on any atom is 0.176 e. The molecule has 19 heavy (non-hydrogen) atoms. The Hall–Kier alpha value is -1.74. The number of para-hydroxylation sites is 1. The number of thioether (sulfide) groups is 1. The van der Waals surface area contributed by atoms with E-state index in [4.69, 9.17) is 4.74 Å². The van der Waals surface area contributed by atoms with Crippen molar-refractivity contribution in [3.8, 4) is 5.75 Å². The molecule has 0 unspecified atom stereocenters. The number of methoxy groups -OCH3 is 1. The highest BCUT2D eigenvalue weighted by Gasteiger charge is 2.11. The molecule has 2 aromatic carbocycles. The molecule has 0 amide bonds. The summed E-state index contributed by atoms with van der Waals surface area (Å²) in [6, 6.07) is 15.5. The Labute approximate surface area is 117 Å². The summed E-state index contributed by atoms with van der Waals surface area (Å²) >= 11 is 1.55. The Kier molecular flexibility index (Phi) is 4.63. The Morgan fingerprint density at radius 1 is 1.11 bits per heavy atom. The molecule has 2 aromatic rings. The van der Waals surface area contributed by atoms with Gasteiger partial charge in [0.05, 0.1) is 18.4 Å². The first-order valence-corrected chi connectivity index (χ1v) is 7.05. The van der Waals surface area contributed by atoms with Gasteiger partial charge in [-0.3, -0.25) is 4.79 Å². The zero-order chi connectivity index (χ0) is 13.7. The van der Waals surface area contributed by atoms with E-state index in [0.29, 0.717) is 17.1 Å². The summed E-state index contributed by atoms with van der Waals surface area (Å²) < 4.78 is 5.20. The summed E-state index contributed by atoms with van der Waals surface area (Å²) in [5, 5.41) is 0. The molecule has 0 heterocycles. The molecule has 0 aliphatic heterocycles. The van der Waals surface area contributed by atoms with E-state index >= 15 is 0 Å². The highest BCUT2D eigenvalue weighted by molar-refractivity contribution is 8.00. The van der Waals surface area contributed by atoms with Crippen LogP contribution in [0.25, 0.3) is 0 Å². The molecule has 0 saturated carbocycles. The topological polar surface area (TPSA) is 26.3 Å². The maximum atomic E-state index is 12.2. The highest BCUT2D eigenvalue weighted by Crippen LogP contribution is 2.23. The SMILES string of the molecule is COc1ccccc1C(=O)CSc1ccc(C)cc1. The van der Waals surface area contributed by atoms with Gasteiger partial charge in [0.2, 0.25) is 0 Å². The highest BCUT2D eigenvalue weighted by atomic mass is 32.2. The molecule has 0 N–H and O–H groups in total. The number of benzene rings is 2. The van der Waals surface area contributed by atoms with E-state index in [1.807, 2.05) is 30.3 Å². The first-order chi connectivity index (χ1) is 9.20. The second-order valence-corrected chi connectivity index (χ2v) is 5.27. The van der Waals surface area contributed by atoms with E-state index in [2.05, 4.69) is 19.1 Å². The number of hydrogen-bond acceptors (Lipinski definition) is 3. The number of aryl methyl sites for hydroxylation is 1. The fourth-order valence-electron chi connectivity index (χ4n) is 1.74. The van der Waals surface area contributed by atoms with Crippen molar-refractivity contribution in [2.24, 2.45) is 0 Å². The van der Waals surface area contributed by atoms with Crippen molar-refractivity contribution in [2.75, 3.05) is 12.9 Å². The lowest BCUT2D eigenvalue weighted by Crippen LogP contribution is -2.04. The number of rotatable bonds is 5.